The molecule has 1 aromatic carbocycles. The standard InChI is InChI=1S/C18H18ClN3O3S/c19-13-3-1-12(2-4-13)17(25)22-9-7-14(8-10-22)20-18-21-15(11-26-18)5-6-16(23)24/h1-6,11,14H,7-10H2,(H,20,21)(H,23,24). The van der Waals surface area contributed by atoms with E-state index in [0.29, 0.717) is 29.4 Å². The molecule has 0 aliphatic carbocycles. The van der Waals surface area contributed by atoms with Gasteiger partial charge in [0.25, 0.3) is 5.91 Å². The number of benzene rings is 1. The van der Waals surface area contributed by atoms with Gasteiger partial charge in [-0.2, -0.15) is 0 Å². The van der Waals surface area contributed by atoms with Crippen molar-refractivity contribution < 1.29 is 14.7 Å². The van der Waals surface area contributed by atoms with Crippen molar-refractivity contribution in [2.24, 2.45) is 0 Å². The van der Waals surface area contributed by atoms with Crippen LogP contribution in [0.25, 0.3) is 6.08 Å². The van der Waals surface area contributed by atoms with E-state index in [1.807, 2.05) is 4.90 Å². The van der Waals surface area contributed by atoms with Crippen molar-refractivity contribution >= 4 is 46.0 Å². The van der Waals surface area contributed by atoms with Gasteiger partial charge in [-0.05, 0) is 43.2 Å². The minimum absolute atomic E-state index is 0.0236. The van der Waals surface area contributed by atoms with E-state index in [0.717, 1.165) is 24.0 Å². The zero-order valence-corrected chi connectivity index (χ0v) is 15.5. The summed E-state index contributed by atoms with van der Waals surface area (Å²) in [5.41, 5.74) is 1.27. The predicted octanol–water partition coefficient (Wildman–Crippen LogP) is 3.61. The number of anilines is 1. The first-order valence-electron chi connectivity index (χ1n) is 8.19. The average molecular weight is 392 g/mol. The highest BCUT2D eigenvalue weighted by Gasteiger charge is 2.24. The highest BCUT2D eigenvalue weighted by Crippen LogP contribution is 2.22. The summed E-state index contributed by atoms with van der Waals surface area (Å²) in [6.45, 7) is 1.35. The largest absolute Gasteiger partial charge is 0.478 e. The van der Waals surface area contributed by atoms with Gasteiger partial charge in [0.2, 0.25) is 0 Å². The summed E-state index contributed by atoms with van der Waals surface area (Å²) in [5, 5.41) is 15.2. The number of carboxylic acid groups (broad SMARTS) is 1. The van der Waals surface area contributed by atoms with Crippen molar-refractivity contribution in [3.05, 3.63) is 52.0 Å². The van der Waals surface area contributed by atoms with E-state index >= 15 is 0 Å². The third-order valence-corrected chi connectivity index (χ3v) is 5.16. The van der Waals surface area contributed by atoms with Gasteiger partial charge < -0.3 is 15.3 Å². The average Bonchev–Trinajstić information content (AvgIpc) is 3.08. The maximum absolute atomic E-state index is 12.5. The molecule has 0 saturated carbocycles. The third kappa shape index (κ3) is 4.83. The lowest BCUT2D eigenvalue weighted by atomic mass is 10.0. The first-order chi connectivity index (χ1) is 12.5. The Hall–Kier alpha value is -2.38. The Morgan fingerprint density at radius 3 is 2.62 bits per heavy atom. The lowest BCUT2D eigenvalue weighted by molar-refractivity contribution is -0.131. The Bertz CT molecular complexity index is 811. The maximum Gasteiger partial charge on any atom is 0.328 e. The molecular formula is C18H18ClN3O3S. The molecule has 0 unspecified atom stereocenters. The molecule has 26 heavy (non-hydrogen) atoms. The molecule has 2 heterocycles. The highest BCUT2D eigenvalue weighted by atomic mass is 35.5. The molecule has 136 valence electrons. The van der Waals surface area contributed by atoms with Crippen molar-refractivity contribution in [1.29, 1.82) is 0 Å². The number of aliphatic carboxylic acids is 1. The monoisotopic (exact) mass is 391 g/mol. The number of carbonyl (C=O) groups excluding carboxylic acids is 1. The summed E-state index contributed by atoms with van der Waals surface area (Å²) in [4.78, 5) is 29.2. The number of rotatable bonds is 5. The van der Waals surface area contributed by atoms with Crippen molar-refractivity contribution in [2.75, 3.05) is 18.4 Å². The number of piperidine rings is 1. The number of nitrogens with one attached hydrogen (secondary N) is 1. The van der Waals surface area contributed by atoms with Gasteiger partial charge in [-0.3, -0.25) is 4.79 Å². The maximum atomic E-state index is 12.5. The summed E-state index contributed by atoms with van der Waals surface area (Å²) in [6, 6.07) is 7.18. The predicted molar refractivity (Wildman–Crippen MR) is 103 cm³/mol. The van der Waals surface area contributed by atoms with Crippen molar-refractivity contribution in [1.82, 2.24) is 9.88 Å². The summed E-state index contributed by atoms with van der Waals surface area (Å²) in [6.07, 6.45) is 4.20. The second-order valence-corrected chi connectivity index (χ2v) is 7.26. The molecule has 6 nitrogen and oxygen atoms in total. The summed E-state index contributed by atoms with van der Waals surface area (Å²) >= 11 is 7.30. The molecule has 3 rings (SSSR count). The minimum Gasteiger partial charge on any atom is -0.478 e. The molecule has 1 aliphatic heterocycles. The molecule has 1 aromatic heterocycles. The second-order valence-electron chi connectivity index (χ2n) is 5.97. The number of amides is 1. The number of carboxylic acids is 1. The van der Waals surface area contributed by atoms with E-state index in [1.54, 1.807) is 29.6 Å². The van der Waals surface area contributed by atoms with Gasteiger partial charge in [0.05, 0.1) is 5.69 Å². The van der Waals surface area contributed by atoms with Crippen LogP contribution in [0.4, 0.5) is 5.13 Å². The number of thiazole rings is 1. The minimum atomic E-state index is -0.995. The molecule has 1 saturated heterocycles. The van der Waals surface area contributed by atoms with E-state index in [1.165, 1.54) is 17.4 Å². The van der Waals surface area contributed by atoms with Crippen LogP contribution in [0.15, 0.2) is 35.7 Å². The zero-order chi connectivity index (χ0) is 18.5. The number of nitrogens with zero attached hydrogens (tertiary/aromatic N) is 2. The van der Waals surface area contributed by atoms with Crippen LogP contribution in [0.5, 0.6) is 0 Å². The second kappa shape index (κ2) is 8.33. The summed E-state index contributed by atoms with van der Waals surface area (Å²) in [5.74, 6) is -0.972. The van der Waals surface area contributed by atoms with Gasteiger partial charge in [-0.1, -0.05) is 11.6 Å². The lowest BCUT2D eigenvalue weighted by Crippen LogP contribution is -2.42. The molecule has 2 aromatic rings. The fourth-order valence-electron chi connectivity index (χ4n) is 2.76. The fourth-order valence-corrected chi connectivity index (χ4v) is 3.64. The van der Waals surface area contributed by atoms with E-state index in [9.17, 15) is 9.59 Å². The van der Waals surface area contributed by atoms with Crippen LogP contribution >= 0.6 is 22.9 Å². The Kier molecular flexibility index (Phi) is 5.90. The van der Waals surface area contributed by atoms with Crippen LogP contribution in [0.2, 0.25) is 5.02 Å². The van der Waals surface area contributed by atoms with Crippen LogP contribution in [-0.4, -0.2) is 46.0 Å². The van der Waals surface area contributed by atoms with Crippen molar-refractivity contribution in [2.45, 2.75) is 18.9 Å². The molecule has 0 bridgehead atoms. The van der Waals surface area contributed by atoms with E-state index in [-0.39, 0.29) is 11.9 Å². The van der Waals surface area contributed by atoms with Gasteiger partial charge in [-0.25, -0.2) is 9.78 Å². The van der Waals surface area contributed by atoms with E-state index in [2.05, 4.69) is 10.3 Å². The van der Waals surface area contributed by atoms with Crippen LogP contribution < -0.4 is 5.32 Å². The first-order valence-corrected chi connectivity index (χ1v) is 9.45. The Morgan fingerprint density at radius 1 is 1.27 bits per heavy atom. The number of hydrogen-bond donors (Lipinski definition) is 2. The molecule has 0 radical (unpaired) electrons. The molecule has 1 amide bonds. The number of halogens is 1. The number of hydrogen-bond acceptors (Lipinski definition) is 5. The Balaban J connectivity index is 1.51. The van der Waals surface area contributed by atoms with E-state index in [4.69, 9.17) is 16.7 Å². The number of aromatic nitrogens is 1. The van der Waals surface area contributed by atoms with Gasteiger partial charge in [-0.15, -0.1) is 11.3 Å². The molecule has 0 atom stereocenters. The van der Waals surface area contributed by atoms with Crippen LogP contribution in [-0.2, 0) is 4.79 Å². The fraction of sp³-hybridized carbons (Fsp3) is 0.278. The number of likely N-dealkylation sites (tertiary alicyclic amines) is 1. The Morgan fingerprint density at radius 2 is 1.96 bits per heavy atom. The quantitative estimate of drug-likeness (QED) is 0.761. The van der Waals surface area contributed by atoms with Crippen molar-refractivity contribution in [3.8, 4) is 0 Å². The molecule has 1 fully saturated rings. The van der Waals surface area contributed by atoms with Gasteiger partial charge in [0.1, 0.15) is 0 Å². The SMILES string of the molecule is O=C(O)C=Cc1csc(NC2CCN(C(=O)c3ccc(Cl)cc3)CC2)n1. The molecule has 2 N–H and O–H groups in total. The van der Waals surface area contributed by atoms with E-state index < -0.39 is 5.97 Å². The third-order valence-electron chi connectivity index (χ3n) is 4.12. The van der Waals surface area contributed by atoms with Crippen LogP contribution in [0, 0.1) is 0 Å². The van der Waals surface area contributed by atoms with Gasteiger partial charge in [0.15, 0.2) is 5.13 Å². The number of carbonyl (C=O) groups is 2. The lowest BCUT2D eigenvalue weighted by Gasteiger charge is -2.32. The summed E-state index contributed by atoms with van der Waals surface area (Å²) in [7, 11) is 0. The molecule has 8 heteroatoms. The van der Waals surface area contributed by atoms with Gasteiger partial charge in [0, 0.05) is 41.2 Å². The first kappa shape index (κ1) is 18.4. The summed E-state index contributed by atoms with van der Waals surface area (Å²) < 4.78 is 0. The topological polar surface area (TPSA) is 82.5 Å². The van der Waals surface area contributed by atoms with Crippen LogP contribution in [0.3, 0.4) is 0 Å². The smallest absolute Gasteiger partial charge is 0.328 e. The molecular weight excluding hydrogens is 374 g/mol. The Labute approximate surface area is 160 Å². The highest BCUT2D eigenvalue weighted by molar-refractivity contribution is 7.13. The zero-order valence-electron chi connectivity index (χ0n) is 13.9. The molecule has 0 spiro atoms. The normalized spacial score (nSPS) is 15.3. The van der Waals surface area contributed by atoms with Gasteiger partial charge >= 0.3 is 5.97 Å². The van der Waals surface area contributed by atoms with Crippen molar-refractivity contribution in [3.63, 3.8) is 0 Å². The van der Waals surface area contributed by atoms with Crippen LogP contribution in [0.1, 0.15) is 28.9 Å². The molecule has 1 aliphatic rings.